The van der Waals surface area contributed by atoms with Crippen LogP contribution in [0.3, 0.4) is 0 Å². The summed E-state index contributed by atoms with van der Waals surface area (Å²) in [5, 5.41) is 4.98. The molecular weight excluding hydrogens is 605 g/mol. The Kier molecular flexibility index (Phi) is 7.53. The van der Waals surface area contributed by atoms with Crippen LogP contribution in [0.2, 0.25) is 0 Å². The molecule has 0 fully saturated rings. The molecule has 6 aromatic carbocycles. The largest absolute Gasteiger partial charge is 0.309 e. The fourth-order valence-corrected chi connectivity index (χ4v) is 7.28. The third kappa shape index (κ3) is 5.24. The molecular formula is C48H34N2. The molecule has 2 nitrogen and oxygen atoms in total. The molecule has 0 N–H and O–H groups in total. The molecule has 0 atom stereocenters. The second kappa shape index (κ2) is 12.8. The predicted octanol–water partition coefficient (Wildman–Crippen LogP) is 12.9. The van der Waals surface area contributed by atoms with Crippen molar-refractivity contribution in [3.63, 3.8) is 0 Å². The normalized spacial score (nSPS) is 16.3. The van der Waals surface area contributed by atoms with Crippen molar-refractivity contribution in [2.45, 2.75) is 0 Å². The summed E-state index contributed by atoms with van der Waals surface area (Å²) in [5.74, 6) is 0. The van der Waals surface area contributed by atoms with Gasteiger partial charge in [0.1, 0.15) is 0 Å². The van der Waals surface area contributed by atoms with Gasteiger partial charge in [-0.3, -0.25) is 0 Å². The van der Waals surface area contributed by atoms with E-state index < -0.39 is 0 Å². The molecule has 0 radical (unpaired) electrons. The SMILES string of the molecule is C1=C/C=C/C=C/C=C\C(n2c3ccccc3c3cc(-c4ccc5c(c4)c4ccccc4n5-c4cccc(-c5ccccc5)c4)ccc32)=C/C=C1. The van der Waals surface area contributed by atoms with Gasteiger partial charge in [-0.25, -0.2) is 0 Å². The van der Waals surface area contributed by atoms with Gasteiger partial charge >= 0.3 is 0 Å². The van der Waals surface area contributed by atoms with Gasteiger partial charge in [0.05, 0.1) is 22.1 Å². The first-order chi connectivity index (χ1) is 24.8. The highest BCUT2D eigenvalue weighted by molar-refractivity contribution is 6.13. The molecule has 0 unspecified atom stereocenters. The van der Waals surface area contributed by atoms with Crippen molar-refractivity contribution in [1.29, 1.82) is 0 Å². The lowest BCUT2D eigenvalue weighted by Gasteiger charge is -2.11. The third-order valence-electron chi connectivity index (χ3n) is 9.57. The molecule has 9 rings (SSSR count). The average molecular weight is 639 g/mol. The maximum Gasteiger partial charge on any atom is 0.0541 e. The highest BCUT2D eigenvalue weighted by Gasteiger charge is 2.16. The van der Waals surface area contributed by atoms with Crippen molar-refractivity contribution in [3.8, 4) is 27.9 Å². The first-order valence-corrected chi connectivity index (χ1v) is 17.1. The van der Waals surface area contributed by atoms with Crippen LogP contribution in [0.5, 0.6) is 0 Å². The van der Waals surface area contributed by atoms with E-state index in [1.54, 1.807) is 0 Å². The molecule has 2 heterocycles. The number of fused-ring (bicyclic) bond motifs is 6. The Morgan fingerprint density at radius 3 is 1.48 bits per heavy atom. The summed E-state index contributed by atoms with van der Waals surface area (Å²) in [6.07, 6.45) is 22.9. The lowest BCUT2D eigenvalue weighted by molar-refractivity contribution is 1.18. The van der Waals surface area contributed by atoms with Gasteiger partial charge in [-0.1, -0.05) is 146 Å². The molecule has 2 aromatic heterocycles. The van der Waals surface area contributed by atoms with E-state index >= 15 is 0 Å². The minimum Gasteiger partial charge on any atom is -0.309 e. The van der Waals surface area contributed by atoms with Crippen LogP contribution in [0.1, 0.15) is 0 Å². The summed E-state index contributed by atoms with van der Waals surface area (Å²) in [5.41, 5.74) is 11.9. The zero-order chi connectivity index (χ0) is 33.3. The van der Waals surface area contributed by atoms with E-state index in [4.69, 9.17) is 0 Å². The first kappa shape index (κ1) is 29.5. The fraction of sp³-hybridized carbons (Fsp3) is 0. The quantitative estimate of drug-likeness (QED) is 0.182. The first-order valence-electron chi connectivity index (χ1n) is 17.1. The van der Waals surface area contributed by atoms with Gasteiger partial charge in [0, 0.05) is 32.9 Å². The van der Waals surface area contributed by atoms with Gasteiger partial charge in [-0.2, -0.15) is 0 Å². The van der Waals surface area contributed by atoms with Gasteiger partial charge < -0.3 is 9.13 Å². The van der Waals surface area contributed by atoms with Crippen LogP contribution >= 0.6 is 0 Å². The number of hydrogen-bond acceptors (Lipinski definition) is 0. The standard InChI is InChI=1S/C48H34N2/c1-2-4-6-11-21-39(22-12-7-5-3-1)49-45-26-15-13-24-41(45)43-33-37(28-30-47(43)49)38-29-31-48-44(34-38)42-25-14-16-27-46(42)50(48)40-23-17-20-36(32-40)35-18-9-8-10-19-35/h1-34H/b2-1+,3-1?,4-2?,5-3?,6-4+,7-5?,11-6?,12-7?,21-11-,22-12?,39-21?,39-22+. The Hall–Kier alpha value is -6.64. The topological polar surface area (TPSA) is 9.86 Å². The molecule has 236 valence electrons. The van der Waals surface area contributed by atoms with Crippen LogP contribution in [0.4, 0.5) is 0 Å². The summed E-state index contributed by atoms with van der Waals surface area (Å²) < 4.78 is 4.77. The van der Waals surface area contributed by atoms with Crippen LogP contribution in [0, 0.1) is 0 Å². The predicted molar refractivity (Wildman–Crippen MR) is 215 cm³/mol. The summed E-state index contributed by atoms with van der Waals surface area (Å²) in [6, 6.07) is 50.8. The van der Waals surface area contributed by atoms with Crippen molar-refractivity contribution in [1.82, 2.24) is 9.13 Å². The van der Waals surface area contributed by atoms with E-state index in [0.717, 1.165) is 11.4 Å². The highest BCUT2D eigenvalue weighted by Crippen LogP contribution is 2.38. The number of benzene rings is 6. The van der Waals surface area contributed by atoms with E-state index in [-0.39, 0.29) is 0 Å². The summed E-state index contributed by atoms with van der Waals surface area (Å²) in [6.45, 7) is 0. The number of hydrogen-bond donors (Lipinski definition) is 0. The molecule has 2 heteroatoms. The zero-order valence-corrected chi connectivity index (χ0v) is 27.5. The zero-order valence-electron chi connectivity index (χ0n) is 27.5. The molecule has 1 aliphatic rings. The second-order valence-electron chi connectivity index (χ2n) is 12.6. The molecule has 0 spiro atoms. The lowest BCUT2D eigenvalue weighted by Crippen LogP contribution is -1.94. The van der Waals surface area contributed by atoms with Crippen molar-refractivity contribution in [3.05, 3.63) is 206 Å². The second-order valence-corrected chi connectivity index (χ2v) is 12.6. The van der Waals surface area contributed by atoms with Crippen LogP contribution in [0.15, 0.2) is 206 Å². The lowest BCUT2D eigenvalue weighted by atomic mass is 10.0. The molecule has 8 aromatic rings. The van der Waals surface area contributed by atoms with Gasteiger partial charge in [-0.05, 0) is 82.9 Å². The van der Waals surface area contributed by atoms with Crippen LogP contribution in [-0.2, 0) is 0 Å². The van der Waals surface area contributed by atoms with Crippen LogP contribution < -0.4 is 0 Å². The fourth-order valence-electron chi connectivity index (χ4n) is 7.28. The number of aromatic nitrogens is 2. The molecule has 0 saturated carbocycles. The summed E-state index contributed by atoms with van der Waals surface area (Å²) in [4.78, 5) is 0. The smallest absolute Gasteiger partial charge is 0.0541 e. The van der Waals surface area contributed by atoms with Gasteiger partial charge in [0.15, 0.2) is 0 Å². The monoisotopic (exact) mass is 638 g/mol. The Balaban J connectivity index is 1.19. The minimum absolute atomic E-state index is 1.10. The number of nitrogens with zero attached hydrogens (tertiary/aromatic N) is 2. The molecule has 0 bridgehead atoms. The van der Waals surface area contributed by atoms with E-state index in [1.807, 2.05) is 18.2 Å². The maximum absolute atomic E-state index is 2.40. The van der Waals surface area contributed by atoms with Crippen molar-refractivity contribution in [2.75, 3.05) is 0 Å². The molecule has 0 saturated heterocycles. The van der Waals surface area contributed by atoms with E-state index in [9.17, 15) is 0 Å². The van der Waals surface area contributed by atoms with Crippen LogP contribution in [-0.4, -0.2) is 9.13 Å². The van der Waals surface area contributed by atoms with Crippen LogP contribution in [0.25, 0.3) is 77.2 Å². The Morgan fingerprint density at radius 2 is 0.800 bits per heavy atom. The number of para-hydroxylation sites is 2. The number of allylic oxidation sites excluding steroid dienone is 12. The molecule has 0 aliphatic heterocycles. The van der Waals surface area contributed by atoms with Gasteiger partial charge in [0.25, 0.3) is 0 Å². The Bertz CT molecular complexity index is 2740. The third-order valence-corrected chi connectivity index (χ3v) is 9.57. The number of rotatable bonds is 4. The Labute approximate surface area is 291 Å². The molecule has 1 aliphatic carbocycles. The molecule has 50 heavy (non-hydrogen) atoms. The van der Waals surface area contributed by atoms with Crippen molar-refractivity contribution in [2.24, 2.45) is 0 Å². The van der Waals surface area contributed by atoms with Gasteiger partial charge in [-0.15, -0.1) is 0 Å². The highest BCUT2D eigenvalue weighted by atomic mass is 15.0. The maximum atomic E-state index is 2.40. The summed E-state index contributed by atoms with van der Waals surface area (Å²) >= 11 is 0. The molecule has 0 amide bonds. The van der Waals surface area contributed by atoms with Crippen molar-refractivity contribution < 1.29 is 0 Å². The minimum atomic E-state index is 1.10. The van der Waals surface area contributed by atoms with E-state index in [1.165, 1.54) is 65.9 Å². The van der Waals surface area contributed by atoms with Gasteiger partial charge in [0.2, 0.25) is 0 Å². The summed E-state index contributed by atoms with van der Waals surface area (Å²) in [7, 11) is 0. The van der Waals surface area contributed by atoms with E-state index in [2.05, 4.69) is 197 Å². The van der Waals surface area contributed by atoms with Crippen molar-refractivity contribution >= 4 is 49.3 Å². The average Bonchev–Trinajstić information content (AvgIpc) is 3.68. The van der Waals surface area contributed by atoms with E-state index in [0.29, 0.717) is 0 Å². The Morgan fingerprint density at radius 1 is 0.300 bits per heavy atom.